The van der Waals surface area contributed by atoms with Crippen LogP contribution in [0.4, 0.5) is 0 Å². The van der Waals surface area contributed by atoms with E-state index in [-0.39, 0.29) is 0 Å². The molecule has 0 unspecified atom stereocenters. The third-order valence-electron chi connectivity index (χ3n) is 2.22. The molecule has 0 atom stereocenters. The maximum atomic E-state index is 5.22. The maximum Gasteiger partial charge on any atom is 0.170 e. The van der Waals surface area contributed by atoms with Crippen molar-refractivity contribution in [2.24, 2.45) is 5.92 Å². The highest BCUT2D eigenvalue weighted by atomic mass is 16.5. The largest absolute Gasteiger partial charge is 0.472 e. The van der Waals surface area contributed by atoms with Gasteiger partial charge in [0.1, 0.15) is 6.26 Å². The van der Waals surface area contributed by atoms with Crippen molar-refractivity contribution in [3.8, 4) is 11.3 Å². The van der Waals surface area contributed by atoms with Crippen LogP contribution in [0.25, 0.3) is 11.3 Å². The van der Waals surface area contributed by atoms with Gasteiger partial charge in [0, 0.05) is 12.6 Å². The van der Waals surface area contributed by atoms with Crippen LogP contribution in [0.5, 0.6) is 0 Å². The van der Waals surface area contributed by atoms with E-state index in [1.54, 1.807) is 12.5 Å². The highest BCUT2D eigenvalue weighted by Gasteiger charge is 2.07. The Morgan fingerprint density at radius 2 is 2.31 bits per heavy atom. The van der Waals surface area contributed by atoms with Crippen molar-refractivity contribution in [3.63, 3.8) is 0 Å². The van der Waals surface area contributed by atoms with E-state index in [0.29, 0.717) is 5.92 Å². The highest BCUT2D eigenvalue weighted by Crippen LogP contribution is 2.20. The van der Waals surface area contributed by atoms with Crippen LogP contribution >= 0.6 is 0 Å². The van der Waals surface area contributed by atoms with Gasteiger partial charge in [0.2, 0.25) is 0 Å². The van der Waals surface area contributed by atoms with E-state index in [9.17, 15) is 0 Å². The summed E-state index contributed by atoms with van der Waals surface area (Å²) in [5.74, 6) is 1.38. The molecular weight excluding hydrogens is 204 g/mol. The zero-order valence-corrected chi connectivity index (χ0v) is 9.56. The second-order valence-corrected chi connectivity index (χ2v) is 4.22. The number of hydrogen-bond acceptors (Lipinski definition) is 4. The van der Waals surface area contributed by atoms with Gasteiger partial charge in [0.25, 0.3) is 0 Å². The van der Waals surface area contributed by atoms with Crippen molar-refractivity contribution in [2.45, 2.75) is 20.4 Å². The molecule has 0 amide bonds. The molecule has 0 aromatic carbocycles. The molecule has 0 spiro atoms. The Kier molecular flexibility index (Phi) is 3.41. The van der Waals surface area contributed by atoms with Crippen LogP contribution in [-0.4, -0.2) is 11.7 Å². The summed E-state index contributed by atoms with van der Waals surface area (Å²) in [4.78, 5) is 0. The molecule has 0 saturated carbocycles. The smallest absolute Gasteiger partial charge is 0.170 e. The minimum Gasteiger partial charge on any atom is -0.472 e. The summed E-state index contributed by atoms with van der Waals surface area (Å²) in [6.45, 7) is 6.06. The van der Waals surface area contributed by atoms with Crippen LogP contribution < -0.4 is 5.32 Å². The summed E-state index contributed by atoms with van der Waals surface area (Å²) in [5, 5.41) is 7.30. The molecule has 2 rings (SSSR count). The Labute approximate surface area is 94.6 Å². The van der Waals surface area contributed by atoms with Gasteiger partial charge in [-0.1, -0.05) is 19.0 Å². The van der Waals surface area contributed by atoms with E-state index in [4.69, 9.17) is 8.94 Å². The molecular formula is C12H16N2O2. The fourth-order valence-electron chi connectivity index (χ4n) is 1.42. The zero-order chi connectivity index (χ0) is 11.4. The van der Waals surface area contributed by atoms with E-state index >= 15 is 0 Å². The maximum absolute atomic E-state index is 5.22. The van der Waals surface area contributed by atoms with Gasteiger partial charge in [-0.05, 0) is 18.5 Å². The van der Waals surface area contributed by atoms with E-state index < -0.39 is 0 Å². The predicted molar refractivity (Wildman–Crippen MR) is 60.7 cm³/mol. The summed E-state index contributed by atoms with van der Waals surface area (Å²) in [6, 6.07) is 3.78. The molecule has 1 N–H and O–H groups in total. The lowest BCUT2D eigenvalue weighted by molar-refractivity contribution is 0.417. The van der Waals surface area contributed by atoms with Crippen LogP contribution in [0, 0.1) is 5.92 Å². The van der Waals surface area contributed by atoms with Gasteiger partial charge in [-0.25, -0.2) is 0 Å². The molecule has 2 aromatic heterocycles. The van der Waals surface area contributed by atoms with E-state index in [2.05, 4.69) is 24.3 Å². The average molecular weight is 220 g/mol. The van der Waals surface area contributed by atoms with Crippen LogP contribution in [0.15, 0.2) is 33.6 Å². The summed E-state index contributed by atoms with van der Waals surface area (Å²) in [6.07, 6.45) is 3.26. The van der Waals surface area contributed by atoms with Crippen molar-refractivity contribution in [1.29, 1.82) is 0 Å². The van der Waals surface area contributed by atoms with Crippen LogP contribution in [-0.2, 0) is 6.54 Å². The molecule has 2 heterocycles. The fourth-order valence-corrected chi connectivity index (χ4v) is 1.42. The molecule has 0 radical (unpaired) electrons. The van der Waals surface area contributed by atoms with E-state index in [1.165, 1.54) is 0 Å². The Morgan fingerprint density at radius 3 is 3.00 bits per heavy atom. The third-order valence-corrected chi connectivity index (χ3v) is 2.22. The van der Waals surface area contributed by atoms with Gasteiger partial charge in [0.15, 0.2) is 5.76 Å². The van der Waals surface area contributed by atoms with Gasteiger partial charge >= 0.3 is 0 Å². The number of nitrogens with zero attached hydrogens (tertiary/aromatic N) is 1. The molecule has 16 heavy (non-hydrogen) atoms. The second-order valence-electron chi connectivity index (χ2n) is 4.22. The molecule has 4 heteroatoms. The fraction of sp³-hybridized carbons (Fsp3) is 0.417. The SMILES string of the molecule is CC(C)CNCc1cc(-c2ccoc2)on1. The summed E-state index contributed by atoms with van der Waals surface area (Å²) < 4.78 is 10.2. The number of aromatic nitrogens is 1. The lowest BCUT2D eigenvalue weighted by Crippen LogP contribution is -2.18. The molecule has 86 valence electrons. The molecule has 0 aliphatic heterocycles. The first-order valence-electron chi connectivity index (χ1n) is 5.44. The summed E-state index contributed by atoms with van der Waals surface area (Å²) >= 11 is 0. The molecule has 0 fully saturated rings. The lowest BCUT2D eigenvalue weighted by Gasteiger charge is -2.03. The van der Waals surface area contributed by atoms with Gasteiger partial charge in [0.05, 0.1) is 17.5 Å². The van der Waals surface area contributed by atoms with Crippen LogP contribution in [0.1, 0.15) is 19.5 Å². The van der Waals surface area contributed by atoms with Crippen molar-refractivity contribution in [2.75, 3.05) is 6.54 Å². The Hall–Kier alpha value is -1.55. The van der Waals surface area contributed by atoms with Crippen molar-refractivity contribution in [1.82, 2.24) is 10.5 Å². The van der Waals surface area contributed by atoms with Crippen molar-refractivity contribution < 1.29 is 8.94 Å². The number of nitrogens with one attached hydrogen (secondary N) is 1. The second kappa shape index (κ2) is 4.99. The highest BCUT2D eigenvalue weighted by molar-refractivity contribution is 5.55. The molecule has 0 aliphatic rings. The minimum atomic E-state index is 0.639. The predicted octanol–water partition coefficient (Wildman–Crippen LogP) is 2.68. The van der Waals surface area contributed by atoms with Gasteiger partial charge in [-0.15, -0.1) is 0 Å². The standard InChI is InChI=1S/C12H16N2O2/c1-9(2)6-13-7-11-5-12(16-14-11)10-3-4-15-8-10/h3-5,8-9,13H,6-7H2,1-2H3. The Balaban J connectivity index is 1.93. The normalized spacial score (nSPS) is 11.2. The van der Waals surface area contributed by atoms with Crippen LogP contribution in [0.3, 0.4) is 0 Å². The molecule has 2 aromatic rings. The first-order valence-corrected chi connectivity index (χ1v) is 5.44. The molecule has 4 nitrogen and oxygen atoms in total. The van der Waals surface area contributed by atoms with E-state index in [1.807, 2.05) is 12.1 Å². The lowest BCUT2D eigenvalue weighted by atomic mass is 10.2. The zero-order valence-electron chi connectivity index (χ0n) is 9.56. The first-order chi connectivity index (χ1) is 7.75. The first kappa shape index (κ1) is 11.0. The van der Waals surface area contributed by atoms with Crippen LogP contribution in [0.2, 0.25) is 0 Å². The number of rotatable bonds is 5. The number of furan rings is 1. The van der Waals surface area contributed by atoms with E-state index in [0.717, 1.165) is 30.1 Å². The number of hydrogen-bond donors (Lipinski definition) is 1. The van der Waals surface area contributed by atoms with Gasteiger partial charge in [-0.3, -0.25) is 0 Å². The average Bonchev–Trinajstić information content (AvgIpc) is 2.85. The van der Waals surface area contributed by atoms with Gasteiger partial charge in [-0.2, -0.15) is 0 Å². The topological polar surface area (TPSA) is 51.2 Å². The molecule has 0 bridgehead atoms. The monoisotopic (exact) mass is 220 g/mol. The quantitative estimate of drug-likeness (QED) is 0.841. The molecule has 0 saturated heterocycles. The van der Waals surface area contributed by atoms with Crippen molar-refractivity contribution in [3.05, 3.63) is 30.4 Å². The minimum absolute atomic E-state index is 0.639. The molecule has 0 aliphatic carbocycles. The summed E-state index contributed by atoms with van der Waals surface area (Å²) in [5.41, 5.74) is 1.83. The van der Waals surface area contributed by atoms with Gasteiger partial charge < -0.3 is 14.3 Å². The Bertz CT molecular complexity index is 418. The summed E-state index contributed by atoms with van der Waals surface area (Å²) in [7, 11) is 0. The third kappa shape index (κ3) is 2.73. The van der Waals surface area contributed by atoms with Crippen molar-refractivity contribution >= 4 is 0 Å². The Morgan fingerprint density at radius 1 is 1.44 bits per heavy atom.